The van der Waals surface area contributed by atoms with Gasteiger partial charge in [-0.2, -0.15) is 4.98 Å². The van der Waals surface area contributed by atoms with E-state index in [1.165, 1.54) is 5.56 Å². The molecule has 174 valence electrons. The normalized spacial score (nSPS) is 15.9. The molecule has 7 heteroatoms. The van der Waals surface area contributed by atoms with Crippen LogP contribution in [-0.4, -0.2) is 40.6 Å². The highest BCUT2D eigenvalue weighted by Crippen LogP contribution is 2.23. The predicted octanol–water partition coefficient (Wildman–Crippen LogP) is 5.10. The number of nitrogens with one attached hydrogen (secondary N) is 1. The van der Waals surface area contributed by atoms with Crippen molar-refractivity contribution in [2.45, 2.75) is 39.2 Å². The molecule has 0 saturated carbocycles. The number of amides is 1. The van der Waals surface area contributed by atoms with Gasteiger partial charge in [-0.3, -0.25) is 9.69 Å². The van der Waals surface area contributed by atoms with Crippen molar-refractivity contribution < 1.29 is 9.32 Å². The van der Waals surface area contributed by atoms with E-state index in [0.717, 1.165) is 55.4 Å². The second-order valence-electron chi connectivity index (χ2n) is 8.78. The number of aromatic nitrogens is 2. The van der Waals surface area contributed by atoms with Gasteiger partial charge in [0.05, 0.1) is 6.54 Å². The summed E-state index contributed by atoms with van der Waals surface area (Å²) in [6, 6.07) is 18.4. The third kappa shape index (κ3) is 6.74. The van der Waals surface area contributed by atoms with Crippen LogP contribution in [0.4, 0.5) is 0 Å². The first-order chi connectivity index (χ1) is 16.1. The molecule has 1 aliphatic rings. The van der Waals surface area contributed by atoms with E-state index in [9.17, 15) is 4.79 Å². The highest BCUT2D eigenvalue weighted by molar-refractivity contribution is 9.10. The van der Waals surface area contributed by atoms with E-state index in [0.29, 0.717) is 24.2 Å². The van der Waals surface area contributed by atoms with Gasteiger partial charge in [-0.15, -0.1) is 0 Å². The third-order valence-electron chi connectivity index (χ3n) is 6.38. The number of carbonyl (C=O) groups is 1. The molecule has 1 aliphatic heterocycles. The van der Waals surface area contributed by atoms with E-state index in [1.807, 2.05) is 30.3 Å². The molecule has 0 bridgehead atoms. The molecule has 0 aliphatic carbocycles. The number of rotatable bonds is 9. The van der Waals surface area contributed by atoms with Crippen LogP contribution in [-0.2, 0) is 17.8 Å². The molecule has 3 aromatic rings. The number of halogens is 1. The smallest absolute Gasteiger partial charge is 0.241 e. The first-order valence-corrected chi connectivity index (χ1v) is 12.5. The van der Waals surface area contributed by atoms with Gasteiger partial charge < -0.3 is 9.84 Å². The molecule has 6 nitrogen and oxygen atoms in total. The summed E-state index contributed by atoms with van der Waals surface area (Å²) in [6.45, 7) is 5.26. The largest absolute Gasteiger partial charge is 0.356 e. The van der Waals surface area contributed by atoms with E-state index in [-0.39, 0.29) is 11.8 Å². The zero-order chi connectivity index (χ0) is 23.0. The van der Waals surface area contributed by atoms with E-state index in [2.05, 4.69) is 67.5 Å². The minimum Gasteiger partial charge on any atom is -0.356 e. The minimum absolute atomic E-state index is 0.0791. The molecule has 1 aromatic heterocycles. The van der Waals surface area contributed by atoms with E-state index in [4.69, 9.17) is 4.52 Å². The van der Waals surface area contributed by atoms with Crippen LogP contribution in [0.2, 0.25) is 0 Å². The summed E-state index contributed by atoms with van der Waals surface area (Å²) >= 11 is 3.47. The minimum atomic E-state index is 0.0791. The Kier molecular flexibility index (Phi) is 8.29. The Morgan fingerprint density at radius 3 is 2.70 bits per heavy atom. The van der Waals surface area contributed by atoms with Gasteiger partial charge in [-0.25, -0.2) is 0 Å². The molecule has 1 amide bonds. The highest BCUT2D eigenvalue weighted by atomic mass is 79.9. The fourth-order valence-electron chi connectivity index (χ4n) is 4.31. The van der Waals surface area contributed by atoms with Crippen molar-refractivity contribution in [2.75, 3.05) is 19.6 Å². The van der Waals surface area contributed by atoms with Gasteiger partial charge in [0.1, 0.15) is 0 Å². The Labute approximate surface area is 203 Å². The van der Waals surface area contributed by atoms with Gasteiger partial charge in [-0.05, 0) is 56.0 Å². The molecule has 1 unspecified atom stereocenters. The van der Waals surface area contributed by atoms with Gasteiger partial charge in [0, 0.05) is 22.5 Å². The summed E-state index contributed by atoms with van der Waals surface area (Å²) in [5.74, 6) is 1.95. The van der Waals surface area contributed by atoms with Crippen molar-refractivity contribution in [3.63, 3.8) is 0 Å². The average Bonchev–Trinajstić information content (AvgIpc) is 3.31. The van der Waals surface area contributed by atoms with Crippen LogP contribution < -0.4 is 5.32 Å². The summed E-state index contributed by atoms with van der Waals surface area (Å²) in [7, 11) is 0. The maximum Gasteiger partial charge on any atom is 0.241 e. The Morgan fingerprint density at radius 1 is 1.18 bits per heavy atom. The summed E-state index contributed by atoms with van der Waals surface area (Å²) in [5.41, 5.74) is 2.25. The third-order valence-corrected chi connectivity index (χ3v) is 6.87. The lowest BCUT2D eigenvalue weighted by atomic mass is 9.94. The van der Waals surface area contributed by atoms with Crippen LogP contribution in [0.1, 0.15) is 37.6 Å². The van der Waals surface area contributed by atoms with Crippen LogP contribution in [0.5, 0.6) is 0 Å². The first kappa shape index (κ1) is 23.6. The fourth-order valence-corrected chi connectivity index (χ4v) is 4.71. The number of benzene rings is 2. The van der Waals surface area contributed by atoms with Crippen LogP contribution >= 0.6 is 15.9 Å². The summed E-state index contributed by atoms with van der Waals surface area (Å²) in [5, 5.41) is 7.33. The van der Waals surface area contributed by atoms with Crippen molar-refractivity contribution in [3.8, 4) is 11.4 Å². The van der Waals surface area contributed by atoms with Crippen LogP contribution in [0.15, 0.2) is 63.6 Å². The monoisotopic (exact) mass is 510 g/mol. The van der Waals surface area contributed by atoms with Gasteiger partial charge in [0.25, 0.3) is 0 Å². The second-order valence-corrected chi connectivity index (χ2v) is 9.70. The molecule has 1 N–H and O–H groups in total. The number of likely N-dealkylation sites (tertiary alicyclic amines) is 1. The lowest BCUT2D eigenvalue weighted by Crippen LogP contribution is -2.41. The van der Waals surface area contributed by atoms with Crippen molar-refractivity contribution in [3.05, 3.63) is 70.5 Å². The zero-order valence-corrected chi connectivity index (χ0v) is 20.6. The van der Waals surface area contributed by atoms with Crippen molar-refractivity contribution in [2.24, 2.45) is 11.8 Å². The maximum absolute atomic E-state index is 12.7. The molecule has 1 atom stereocenters. The molecule has 0 spiro atoms. The average molecular weight is 511 g/mol. The zero-order valence-electron chi connectivity index (χ0n) is 19.0. The van der Waals surface area contributed by atoms with Crippen molar-refractivity contribution in [1.82, 2.24) is 20.4 Å². The first-order valence-electron chi connectivity index (χ1n) is 11.7. The molecular weight excluding hydrogens is 480 g/mol. The Hall–Kier alpha value is -2.51. The Balaban J connectivity index is 1.21. The predicted molar refractivity (Wildman–Crippen MR) is 132 cm³/mol. The van der Waals surface area contributed by atoms with Crippen LogP contribution in [0.25, 0.3) is 11.4 Å². The summed E-state index contributed by atoms with van der Waals surface area (Å²) in [6.07, 6.45) is 3.77. The summed E-state index contributed by atoms with van der Waals surface area (Å²) in [4.78, 5) is 19.6. The Morgan fingerprint density at radius 2 is 1.97 bits per heavy atom. The number of hydrogen-bond donors (Lipinski definition) is 1. The lowest BCUT2D eigenvalue weighted by molar-refractivity contribution is -0.126. The van der Waals surface area contributed by atoms with E-state index in [1.54, 1.807) is 0 Å². The molecule has 2 heterocycles. The maximum atomic E-state index is 12.7. The van der Waals surface area contributed by atoms with Crippen LogP contribution in [0.3, 0.4) is 0 Å². The van der Waals surface area contributed by atoms with Crippen molar-refractivity contribution >= 4 is 21.8 Å². The SMILES string of the molecule is CCC(CNC(=O)C1CCN(Cc2nc(-c3cccc(Br)c3)no2)CC1)Cc1ccccc1. The molecule has 0 radical (unpaired) electrons. The number of piperidine rings is 1. The molecule has 2 aromatic carbocycles. The quantitative estimate of drug-likeness (QED) is 0.433. The van der Waals surface area contributed by atoms with E-state index >= 15 is 0 Å². The number of carbonyl (C=O) groups excluding carboxylic acids is 1. The van der Waals surface area contributed by atoms with Gasteiger partial charge in [-0.1, -0.05) is 76.9 Å². The van der Waals surface area contributed by atoms with Gasteiger partial charge in [0.2, 0.25) is 17.6 Å². The van der Waals surface area contributed by atoms with E-state index < -0.39 is 0 Å². The number of nitrogens with zero attached hydrogens (tertiary/aromatic N) is 3. The van der Waals surface area contributed by atoms with Gasteiger partial charge >= 0.3 is 0 Å². The fraction of sp³-hybridized carbons (Fsp3) is 0.423. The standard InChI is InChI=1S/C26H31BrN4O2/c1-2-19(15-20-7-4-3-5-8-20)17-28-26(32)21-11-13-31(14-12-21)18-24-29-25(30-33-24)22-9-6-10-23(27)16-22/h3-10,16,19,21H,2,11-15,17-18H2,1H3,(H,28,32). The molecular formula is C26H31BrN4O2. The summed E-state index contributed by atoms with van der Waals surface area (Å²) < 4.78 is 6.45. The van der Waals surface area contributed by atoms with Crippen molar-refractivity contribution in [1.29, 1.82) is 0 Å². The Bertz CT molecular complexity index is 1030. The molecule has 4 rings (SSSR count). The topological polar surface area (TPSA) is 71.3 Å². The molecule has 1 saturated heterocycles. The molecule has 1 fully saturated rings. The second kappa shape index (κ2) is 11.6. The van der Waals surface area contributed by atoms with Gasteiger partial charge in [0.15, 0.2) is 0 Å². The lowest BCUT2D eigenvalue weighted by Gasteiger charge is -2.30. The van der Waals surface area contributed by atoms with Crippen LogP contribution in [0, 0.1) is 11.8 Å². The molecule has 33 heavy (non-hydrogen) atoms. The number of hydrogen-bond acceptors (Lipinski definition) is 5. The highest BCUT2D eigenvalue weighted by Gasteiger charge is 2.26.